The third-order valence-corrected chi connectivity index (χ3v) is 8.76. The molecule has 0 bridgehead atoms. The van der Waals surface area contributed by atoms with Crippen molar-refractivity contribution in [3.05, 3.63) is 157 Å². The van der Waals surface area contributed by atoms with Crippen LogP contribution in [0.1, 0.15) is 21.9 Å². The molecule has 4 heterocycles. The highest BCUT2D eigenvalue weighted by molar-refractivity contribution is 6.23. The van der Waals surface area contributed by atoms with Crippen LogP contribution in [0.15, 0.2) is 166 Å². The van der Waals surface area contributed by atoms with E-state index < -0.39 is 125 Å². The van der Waals surface area contributed by atoms with Crippen LogP contribution in [0.5, 0.6) is 0 Å². The van der Waals surface area contributed by atoms with E-state index in [1.807, 2.05) is 48.5 Å². The second-order valence-electron chi connectivity index (χ2n) is 11.6. The van der Waals surface area contributed by atoms with E-state index in [9.17, 15) is 4.11 Å². The van der Waals surface area contributed by atoms with Gasteiger partial charge in [0.05, 0.1) is 43.9 Å². The maximum absolute atomic E-state index is 9.54. The summed E-state index contributed by atoms with van der Waals surface area (Å²) in [6.45, 7) is 0. The van der Waals surface area contributed by atoms with E-state index >= 15 is 0 Å². The molecule has 0 spiro atoms. The van der Waals surface area contributed by atoms with E-state index in [0.717, 1.165) is 10.8 Å². The fourth-order valence-electron chi connectivity index (χ4n) is 6.58. The quantitative estimate of drug-likeness (QED) is 0.186. The van der Waals surface area contributed by atoms with Crippen molar-refractivity contribution in [2.75, 3.05) is 0 Å². The van der Waals surface area contributed by atoms with Crippen LogP contribution in [0.2, 0.25) is 0 Å². The number of para-hydroxylation sites is 4. The van der Waals surface area contributed by atoms with Crippen molar-refractivity contribution in [2.24, 2.45) is 0 Å². The van der Waals surface area contributed by atoms with Crippen molar-refractivity contribution in [3.8, 4) is 39.9 Å². The standard InChI is InChI=1S/C45H26N4O2/c1-2-12-27(13-3-1)28-14-10-15-29(26-28)43-46-44(35-20-11-19-32-30-16-5-8-22-38(30)50-41(32)35)48-45(47-43)49-36-21-7-4-18-34(36)40-37(49)25-24-33-31-17-6-9-23-39(31)51-42(33)40/h1-26H/i1D,2D,3D,5D,8D,10D,11D,12D,13D,14D,15D,16D,19D,20D,22D,26D. The molecule has 0 atom stereocenters. The molecule has 0 aliphatic rings. The van der Waals surface area contributed by atoms with Crippen LogP contribution in [0.4, 0.5) is 0 Å². The van der Waals surface area contributed by atoms with Gasteiger partial charge in [-0.05, 0) is 53.5 Å². The summed E-state index contributed by atoms with van der Waals surface area (Å²) in [4.78, 5) is 14.3. The molecular weight excluding hydrogens is 629 g/mol. The first kappa shape index (κ1) is 16.6. The number of furan rings is 2. The van der Waals surface area contributed by atoms with E-state index in [4.69, 9.17) is 36.6 Å². The van der Waals surface area contributed by atoms with Gasteiger partial charge in [-0.25, -0.2) is 4.98 Å². The molecule has 0 radical (unpaired) electrons. The number of rotatable bonds is 4. The summed E-state index contributed by atoms with van der Waals surface area (Å²) in [7, 11) is 0. The number of benzene rings is 7. The summed E-state index contributed by atoms with van der Waals surface area (Å²) < 4.78 is 154. The molecule has 4 aromatic heterocycles. The van der Waals surface area contributed by atoms with Gasteiger partial charge in [0.1, 0.15) is 22.3 Å². The zero-order valence-corrected chi connectivity index (χ0v) is 25.9. The first-order valence-corrected chi connectivity index (χ1v) is 15.6. The van der Waals surface area contributed by atoms with Crippen LogP contribution in [-0.4, -0.2) is 19.5 Å². The first-order chi connectivity index (χ1) is 31.9. The van der Waals surface area contributed by atoms with E-state index in [1.165, 1.54) is 0 Å². The molecule has 0 saturated heterocycles. The average Bonchev–Trinajstić information content (AvgIpc) is 4.01. The van der Waals surface area contributed by atoms with Crippen LogP contribution in [0.25, 0.3) is 106 Å². The van der Waals surface area contributed by atoms with E-state index in [0.29, 0.717) is 33.0 Å². The number of aromatic nitrogens is 4. The molecule has 0 fully saturated rings. The van der Waals surface area contributed by atoms with Crippen molar-refractivity contribution in [3.63, 3.8) is 0 Å². The normalized spacial score (nSPS) is 16.3. The number of nitrogens with zero attached hydrogens (tertiary/aromatic N) is 4. The molecule has 0 aliphatic heterocycles. The van der Waals surface area contributed by atoms with Gasteiger partial charge in [-0.15, -0.1) is 0 Å². The third-order valence-electron chi connectivity index (χ3n) is 8.76. The largest absolute Gasteiger partial charge is 0.455 e. The lowest BCUT2D eigenvalue weighted by Crippen LogP contribution is -2.06. The molecule has 7 aromatic carbocycles. The Morgan fingerprint density at radius 3 is 2.14 bits per heavy atom. The monoisotopic (exact) mass is 670 g/mol. The maximum atomic E-state index is 9.54. The van der Waals surface area contributed by atoms with Crippen LogP contribution in [0.3, 0.4) is 0 Å². The first-order valence-electron chi connectivity index (χ1n) is 23.6. The highest BCUT2D eigenvalue weighted by Crippen LogP contribution is 2.41. The fraction of sp³-hybridized carbons (Fsp3) is 0. The summed E-state index contributed by atoms with van der Waals surface area (Å²) in [6.07, 6.45) is 0. The fourth-order valence-corrected chi connectivity index (χ4v) is 6.58. The smallest absolute Gasteiger partial charge is 0.238 e. The SMILES string of the molecule is [2H]c1c([2H])c([2H])c(-c2c([2H])c([2H])c([2H])c(-c3nc(-c4c([2H])c([2H])c([2H])c5c4oc4c([2H])c([2H])c([2H])c([2H])c45)nc(-n4c5ccccc5c5c6oc7ccccc7c6ccc54)n3)c2[2H])c([2H])c1[2H]. The van der Waals surface area contributed by atoms with Crippen molar-refractivity contribution >= 4 is 65.7 Å². The Bertz CT molecular complexity index is 4060. The lowest BCUT2D eigenvalue weighted by molar-refractivity contribution is 0.669. The average molecular weight is 671 g/mol. The van der Waals surface area contributed by atoms with Gasteiger partial charge in [-0.2, -0.15) is 9.97 Å². The summed E-state index contributed by atoms with van der Waals surface area (Å²) in [5, 5.41) is 2.50. The van der Waals surface area contributed by atoms with Gasteiger partial charge in [0.2, 0.25) is 5.95 Å². The Balaban J connectivity index is 1.31. The Hall–Kier alpha value is -7.05. The second-order valence-corrected chi connectivity index (χ2v) is 11.6. The molecule has 0 saturated carbocycles. The van der Waals surface area contributed by atoms with E-state index in [1.54, 1.807) is 16.7 Å². The van der Waals surface area contributed by atoms with Gasteiger partial charge in [-0.3, -0.25) is 4.57 Å². The predicted molar refractivity (Wildman–Crippen MR) is 205 cm³/mol. The minimum atomic E-state index is -0.809. The molecule has 51 heavy (non-hydrogen) atoms. The molecule has 0 aliphatic carbocycles. The van der Waals surface area contributed by atoms with Crippen LogP contribution in [0, 0.1) is 0 Å². The highest BCUT2D eigenvalue weighted by Gasteiger charge is 2.23. The molecular formula is C45H26N4O2. The van der Waals surface area contributed by atoms with Crippen LogP contribution < -0.4 is 0 Å². The second kappa shape index (κ2) is 10.7. The maximum Gasteiger partial charge on any atom is 0.238 e. The Labute approximate surface area is 313 Å². The van der Waals surface area contributed by atoms with Gasteiger partial charge in [0.15, 0.2) is 11.6 Å². The molecule has 0 N–H and O–H groups in total. The van der Waals surface area contributed by atoms with Crippen LogP contribution in [-0.2, 0) is 0 Å². The van der Waals surface area contributed by atoms with E-state index in [2.05, 4.69) is 4.98 Å². The Morgan fingerprint density at radius 1 is 0.471 bits per heavy atom. The molecule has 11 rings (SSSR count). The molecule has 238 valence electrons. The highest BCUT2D eigenvalue weighted by atomic mass is 16.3. The van der Waals surface area contributed by atoms with Gasteiger partial charge < -0.3 is 8.83 Å². The lowest BCUT2D eigenvalue weighted by atomic mass is 10.0. The summed E-state index contributed by atoms with van der Waals surface area (Å²) in [5.41, 5.74) is -0.655. The van der Waals surface area contributed by atoms with Crippen molar-refractivity contribution < 1.29 is 30.8 Å². The summed E-state index contributed by atoms with van der Waals surface area (Å²) in [5.74, 6) is -1.21. The van der Waals surface area contributed by atoms with Crippen molar-refractivity contribution in [2.45, 2.75) is 0 Å². The predicted octanol–water partition coefficient (Wildman–Crippen LogP) is 11.8. The Morgan fingerprint density at radius 2 is 1.20 bits per heavy atom. The van der Waals surface area contributed by atoms with Crippen molar-refractivity contribution in [1.82, 2.24) is 19.5 Å². The minimum Gasteiger partial charge on any atom is -0.455 e. The third kappa shape index (κ3) is 4.20. The zero-order chi connectivity index (χ0) is 47.4. The lowest BCUT2D eigenvalue weighted by Gasteiger charge is -2.12. The number of hydrogen-bond acceptors (Lipinski definition) is 5. The summed E-state index contributed by atoms with van der Waals surface area (Å²) in [6, 6.07) is 7.10. The molecule has 11 aromatic rings. The van der Waals surface area contributed by atoms with Gasteiger partial charge >= 0.3 is 0 Å². The topological polar surface area (TPSA) is 69.9 Å². The van der Waals surface area contributed by atoms with Gasteiger partial charge in [-0.1, -0.05) is 115 Å². The van der Waals surface area contributed by atoms with Gasteiger partial charge in [0.25, 0.3) is 0 Å². The van der Waals surface area contributed by atoms with Crippen molar-refractivity contribution in [1.29, 1.82) is 0 Å². The molecule has 6 nitrogen and oxygen atoms in total. The molecule has 6 heteroatoms. The zero-order valence-electron chi connectivity index (χ0n) is 41.9. The molecule has 0 unspecified atom stereocenters. The van der Waals surface area contributed by atoms with Gasteiger partial charge in [0, 0.05) is 32.5 Å². The minimum absolute atomic E-state index is 0.222. The number of fused-ring (bicyclic) bond motifs is 10. The number of hydrogen-bond donors (Lipinski definition) is 0. The van der Waals surface area contributed by atoms with E-state index in [-0.39, 0.29) is 33.5 Å². The summed E-state index contributed by atoms with van der Waals surface area (Å²) >= 11 is 0. The Kier molecular flexibility index (Phi) is 3.48. The van der Waals surface area contributed by atoms with Crippen LogP contribution >= 0.6 is 0 Å². The molecule has 0 amide bonds.